The third-order valence-corrected chi connectivity index (χ3v) is 4.90. The SMILES string of the molecule is COc1cc(CNC2CCC(C(=O)O)CC2)ccc1SC. The molecule has 0 spiro atoms. The number of benzene rings is 1. The van der Waals surface area contributed by atoms with Crippen LogP contribution in [0.25, 0.3) is 0 Å². The molecule has 116 valence electrons. The number of carboxylic acids is 1. The average molecular weight is 309 g/mol. The van der Waals surface area contributed by atoms with Crippen LogP contribution in [-0.4, -0.2) is 30.5 Å². The first-order valence-electron chi connectivity index (χ1n) is 7.31. The Labute approximate surface area is 130 Å². The van der Waals surface area contributed by atoms with Crippen LogP contribution in [0.2, 0.25) is 0 Å². The molecule has 0 amide bonds. The van der Waals surface area contributed by atoms with E-state index in [2.05, 4.69) is 23.5 Å². The molecule has 5 heteroatoms. The van der Waals surface area contributed by atoms with Gasteiger partial charge in [0.1, 0.15) is 5.75 Å². The number of rotatable bonds is 6. The van der Waals surface area contributed by atoms with Crippen LogP contribution in [-0.2, 0) is 11.3 Å². The fourth-order valence-corrected chi connectivity index (χ4v) is 3.34. The van der Waals surface area contributed by atoms with Gasteiger partial charge >= 0.3 is 5.97 Å². The molecule has 0 atom stereocenters. The fourth-order valence-electron chi connectivity index (χ4n) is 2.80. The Hall–Kier alpha value is -1.20. The first kappa shape index (κ1) is 16.2. The van der Waals surface area contributed by atoms with Gasteiger partial charge < -0.3 is 15.2 Å². The van der Waals surface area contributed by atoms with Crippen molar-refractivity contribution in [1.29, 1.82) is 0 Å². The van der Waals surface area contributed by atoms with Crippen molar-refractivity contribution in [2.75, 3.05) is 13.4 Å². The summed E-state index contributed by atoms with van der Waals surface area (Å²) < 4.78 is 5.40. The van der Waals surface area contributed by atoms with Gasteiger partial charge in [0.2, 0.25) is 0 Å². The molecule has 0 bridgehead atoms. The standard InChI is InChI=1S/C16H23NO3S/c1-20-14-9-11(3-8-15(14)21-2)10-17-13-6-4-12(5-7-13)16(18)19/h3,8-9,12-13,17H,4-7,10H2,1-2H3,(H,18,19). The Balaban J connectivity index is 1.85. The monoisotopic (exact) mass is 309 g/mol. The Morgan fingerprint density at radius 3 is 2.67 bits per heavy atom. The minimum absolute atomic E-state index is 0.149. The first-order chi connectivity index (χ1) is 10.1. The summed E-state index contributed by atoms with van der Waals surface area (Å²) in [6.45, 7) is 0.799. The number of carbonyl (C=O) groups is 1. The molecule has 0 unspecified atom stereocenters. The van der Waals surface area contributed by atoms with Crippen LogP contribution in [0.4, 0.5) is 0 Å². The highest BCUT2D eigenvalue weighted by Crippen LogP contribution is 2.29. The molecule has 21 heavy (non-hydrogen) atoms. The van der Waals surface area contributed by atoms with Gasteiger partial charge in [-0.05, 0) is 49.6 Å². The summed E-state index contributed by atoms with van der Waals surface area (Å²) in [4.78, 5) is 12.1. The Morgan fingerprint density at radius 2 is 2.10 bits per heavy atom. The number of hydrogen-bond acceptors (Lipinski definition) is 4. The van der Waals surface area contributed by atoms with E-state index in [0.29, 0.717) is 6.04 Å². The molecule has 1 aliphatic rings. The molecule has 0 saturated heterocycles. The van der Waals surface area contributed by atoms with E-state index in [1.54, 1.807) is 18.9 Å². The van der Waals surface area contributed by atoms with E-state index in [1.807, 2.05) is 6.26 Å². The molecule has 1 aromatic carbocycles. The largest absolute Gasteiger partial charge is 0.496 e. The van der Waals surface area contributed by atoms with Gasteiger partial charge in [-0.25, -0.2) is 0 Å². The molecule has 0 aliphatic heterocycles. The molecule has 0 radical (unpaired) electrons. The Bertz CT molecular complexity index is 484. The molecule has 1 fully saturated rings. The van der Waals surface area contributed by atoms with Crippen LogP contribution in [0, 0.1) is 5.92 Å². The highest BCUT2D eigenvalue weighted by molar-refractivity contribution is 7.98. The van der Waals surface area contributed by atoms with E-state index in [-0.39, 0.29) is 5.92 Å². The lowest BCUT2D eigenvalue weighted by atomic mass is 9.86. The summed E-state index contributed by atoms with van der Waals surface area (Å²) in [7, 11) is 1.69. The van der Waals surface area contributed by atoms with E-state index in [1.165, 1.54) is 5.56 Å². The van der Waals surface area contributed by atoms with Crippen molar-refractivity contribution in [2.45, 2.75) is 43.2 Å². The van der Waals surface area contributed by atoms with Gasteiger partial charge in [-0.1, -0.05) is 6.07 Å². The third-order valence-electron chi connectivity index (χ3n) is 4.12. The van der Waals surface area contributed by atoms with Gasteiger partial charge in [0.15, 0.2) is 0 Å². The molecule has 2 N–H and O–H groups in total. The van der Waals surface area contributed by atoms with E-state index in [9.17, 15) is 4.79 Å². The number of carboxylic acid groups (broad SMARTS) is 1. The van der Waals surface area contributed by atoms with Crippen LogP contribution in [0.15, 0.2) is 23.1 Å². The summed E-state index contributed by atoms with van der Waals surface area (Å²) in [6, 6.07) is 6.69. The summed E-state index contributed by atoms with van der Waals surface area (Å²) in [5.41, 5.74) is 1.20. The smallest absolute Gasteiger partial charge is 0.306 e. The second kappa shape index (κ2) is 7.71. The van der Waals surface area contributed by atoms with Crippen LogP contribution in [0.3, 0.4) is 0 Å². The van der Waals surface area contributed by atoms with Crippen LogP contribution < -0.4 is 10.1 Å². The van der Waals surface area contributed by atoms with E-state index < -0.39 is 5.97 Å². The van der Waals surface area contributed by atoms with Crippen molar-refractivity contribution in [2.24, 2.45) is 5.92 Å². The van der Waals surface area contributed by atoms with Crippen molar-refractivity contribution in [3.05, 3.63) is 23.8 Å². The minimum Gasteiger partial charge on any atom is -0.496 e. The highest BCUT2D eigenvalue weighted by atomic mass is 32.2. The molecular formula is C16H23NO3S. The maximum absolute atomic E-state index is 10.9. The normalized spacial score (nSPS) is 22.0. The minimum atomic E-state index is -0.647. The zero-order valence-corrected chi connectivity index (χ0v) is 13.4. The summed E-state index contributed by atoms with van der Waals surface area (Å²) >= 11 is 1.68. The second-order valence-corrected chi connectivity index (χ2v) is 6.31. The summed E-state index contributed by atoms with van der Waals surface area (Å²) in [5.74, 6) is 0.117. The molecule has 1 aliphatic carbocycles. The third kappa shape index (κ3) is 4.38. The van der Waals surface area contributed by atoms with E-state index in [0.717, 1.165) is 42.9 Å². The summed E-state index contributed by atoms with van der Waals surface area (Å²) in [5, 5.41) is 12.5. The lowest BCUT2D eigenvalue weighted by Crippen LogP contribution is -2.34. The number of methoxy groups -OCH3 is 1. The van der Waals surface area contributed by atoms with Gasteiger partial charge in [-0.15, -0.1) is 11.8 Å². The zero-order valence-electron chi connectivity index (χ0n) is 12.6. The van der Waals surface area contributed by atoms with Gasteiger partial charge in [0, 0.05) is 17.5 Å². The fraction of sp³-hybridized carbons (Fsp3) is 0.562. The van der Waals surface area contributed by atoms with Crippen molar-refractivity contribution in [1.82, 2.24) is 5.32 Å². The zero-order chi connectivity index (χ0) is 15.2. The van der Waals surface area contributed by atoms with Crippen LogP contribution in [0.5, 0.6) is 5.75 Å². The van der Waals surface area contributed by atoms with Gasteiger partial charge in [-0.3, -0.25) is 4.79 Å². The quantitative estimate of drug-likeness (QED) is 0.791. The van der Waals surface area contributed by atoms with Crippen molar-refractivity contribution >= 4 is 17.7 Å². The molecule has 1 saturated carbocycles. The Kier molecular flexibility index (Phi) is 5.94. The summed E-state index contributed by atoms with van der Waals surface area (Å²) in [6.07, 6.45) is 5.48. The maximum atomic E-state index is 10.9. The maximum Gasteiger partial charge on any atom is 0.306 e. The lowest BCUT2D eigenvalue weighted by Gasteiger charge is -2.27. The predicted octanol–water partition coefficient (Wildman–Crippen LogP) is 3.15. The Morgan fingerprint density at radius 1 is 1.38 bits per heavy atom. The predicted molar refractivity (Wildman–Crippen MR) is 85.0 cm³/mol. The number of thioether (sulfide) groups is 1. The molecule has 0 aromatic heterocycles. The molecule has 2 rings (SSSR count). The van der Waals surface area contributed by atoms with Crippen LogP contribution >= 0.6 is 11.8 Å². The topological polar surface area (TPSA) is 58.6 Å². The van der Waals surface area contributed by atoms with Gasteiger partial charge in [0.25, 0.3) is 0 Å². The van der Waals surface area contributed by atoms with E-state index in [4.69, 9.17) is 9.84 Å². The molecule has 0 heterocycles. The molecule has 1 aromatic rings. The van der Waals surface area contributed by atoms with Crippen LogP contribution in [0.1, 0.15) is 31.2 Å². The molecule has 4 nitrogen and oxygen atoms in total. The number of ether oxygens (including phenoxy) is 1. The number of aliphatic carboxylic acids is 1. The van der Waals surface area contributed by atoms with Crippen molar-refractivity contribution in [3.63, 3.8) is 0 Å². The van der Waals surface area contributed by atoms with E-state index >= 15 is 0 Å². The number of hydrogen-bond donors (Lipinski definition) is 2. The van der Waals surface area contributed by atoms with Gasteiger partial charge in [0.05, 0.1) is 13.0 Å². The second-order valence-electron chi connectivity index (χ2n) is 5.46. The lowest BCUT2D eigenvalue weighted by molar-refractivity contribution is -0.142. The highest BCUT2D eigenvalue weighted by Gasteiger charge is 2.25. The molecular weight excluding hydrogens is 286 g/mol. The van der Waals surface area contributed by atoms with Gasteiger partial charge in [-0.2, -0.15) is 0 Å². The number of nitrogens with one attached hydrogen (secondary N) is 1. The van der Waals surface area contributed by atoms with Crippen molar-refractivity contribution in [3.8, 4) is 5.75 Å². The first-order valence-corrected chi connectivity index (χ1v) is 8.53. The average Bonchev–Trinajstić information content (AvgIpc) is 2.52. The van der Waals surface area contributed by atoms with Crippen molar-refractivity contribution < 1.29 is 14.6 Å².